The fourth-order valence-electron chi connectivity index (χ4n) is 0.407. The number of aliphatic carboxylic acids is 1. The molecule has 0 saturated carbocycles. The molecule has 3 heteroatoms. The van der Waals surface area contributed by atoms with E-state index in [4.69, 9.17) is 5.11 Å². The Morgan fingerprint density at radius 2 is 2.10 bits per heavy atom. The second-order valence-electron chi connectivity index (χ2n) is 2.45. The predicted molar refractivity (Wildman–Crippen MR) is 39.9 cm³/mol. The molecule has 0 fully saturated rings. The zero-order chi connectivity index (χ0) is 8.15. The van der Waals surface area contributed by atoms with Crippen LogP contribution in [0.15, 0.2) is 11.6 Å². The monoisotopic (exact) mass is 143 g/mol. The molecule has 0 rings (SSSR count). The van der Waals surface area contributed by atoms with Gasteiger partial charge in [0.1, 0.15) is 0 Å². The summed E-state index contributed by atoms with van der Waals surface area (Å²) in [6.45, 7) is 2.27. The van der Waals surface area contributed by atoms with Gasteiger partial charge in [0.15, 0.2) is 0 Å². The molecular weight excluding hydrogens is 130 g/mol. The highest BCUT2D eigenvalue weighted by Crippen LogP contribution is 1.91. The third kappa shape index (κ3) is 4.09. The van der Waals surface area contributed by atoms with Gasteiger partial charge in [0.05, 0.1) is 0 Å². The van der Waals surface area contributed by atoms with Crippen molar-refractivity contribution >= 4 is 5.97 Å². The first-order chi connectivity index (χ1) is 4.54. The van der Waals surface area contributed by atoms with E-state index in [1.54, 1.807) is 13.0 Å². The molecule has 0 aliphatic carbocycles. The van der Waals surface area contributed by atoms with Crippen LogP contribution in [0.1, 0.15) is 6.92 Å². The van der Waals surface area contributed by atoms with Crippen LogP contribution in [0.25, 0.3) is 0 Å². The third-order valence-electron chi connectivity index (χ3n) is 1.10. The lowest BCUT2D eigenvalue weighted by Gasteiger charge is -2.04. The van der Waals surface area contributed by atoms with Crippen LogP contribution in [0, 0.1) is 0 Å². The highest BCUT2D eigenvalue weighted by molar-refractivity contribution is 5.85. The number of hydrogen-bond donors (Lipinski definition) is 1. The van der Waals surface area contributed by atoms with Crippen LogP contribution in [0.5, 0.6) is 0 Å². The van der Waals surface area contributed by atoms with Crippen molar-refractivity contribution in [1.82, 2.24) is 4.90 Å². The first-order valence-corrected chi connectivity index (χ1v) is 3.09. The van der Waals surface area contributed by atoms with Crippen LogP contribution >= 0.6 is 0 Å². The second kappa shape index (κ2) is 4.06. The molecule has 0 spiro atoms. The van der Waals surface area contributed by atoms with E-state index < -0.39 is 5.97 Å². The Hall–Kier alpha value is -0.830. The van der Waals surface area contributed by atoms with E-state index in [1.807, 2.05) is 19.0 Å². The normalized spacial score (nSPS) is 12.2. The molecule has 0 aliphatic rings. The average Bonchev–Trinajstić information content (AvgIpc) is 1.82. The molecule has 0 aromatic heterocycles. The van der Waals surface area contributed by atoms with Crippen molar-refractivity contribution in [1.29, 1.82) is 0 Å². The van der Waals surface area contributed by atoms with Crippen LogP contribution in [0.2, 0.25) is 0 Å². The molecule has 0 aromatic carbocycles. The molecular formula is C7H13NO2. The van der Waals surface area contributed by atoms with Crippen LogP contribution in [-0.2, 0) is 4.79 Å². The predicted octanol–water partition coefficient (Wildman–Crippen LogP) is 0.579. The Kier molecular flexibility index (Phi) is 3.72. The molecule has 1 N–H and O–H groups in total. The third-order valence-corrected chi connectivity index (χ3v) is 1.10. The van der Waals surface area contributed by atoms with Gasteiger partial charge >= 0.3 is 5.97 Å². The summed E-state index contributed by atoms with van der Waals surface area (Å²) in [5.41, 5.74) is 0.397. The van der Waals surface area contributed by atoms with Gasteiger partial charge in [-0.2, -0.15) is 0 Å². The van der Waals surface area contributed by atoms with Crippen molar-refractivity contribution in [3.8, 4) is 0 Å². The molecule has 0 aromatic rings. The van der Waals surface area contributed by atoms with Crippen molar-refractivity contribution in [2.45, 2.75) is 6.92 Å². The highest BCUT2D eigenvalue weighted by atomic mass is 16.4. The Labute approximate surface area is 61.0 Å². The van der Waals surface area contributed by atoms with Gasteiger partial charge in [-0.05, 0) is 21.0 Å². The Morgan fingerprint density at radius 3 is 2.40 bits per heavy atom. The van der Waals surface area contributed by atoms with E-state index >= 15 is 0 Å². The number of carboxylic acids is 1. The minimum atomic E-state index is -0.846. The summed E-state index contributed by atoms with van der Waals surface area (Å²) in [5, 5.41) is 8.41. The molecule has 0 amide bonds. The fraction of sp³-hybridized carbons (Fsp3) is 0.571. The van der Waals surface area contributed by atoms with E-state index in [0.717, 1.165) is 0 Å². The molecule has 0 heterocycles. The lowest BCUT2D eigenvalue weighted by molar-refractivity contribution is -0.132. The summed E-state index contributed by atoms with van der Waals surface area (Å²) in [5.74, 6) is -0.846. The number of hydrogen-bond acceptors (Lipinski definition) is 2. The maximum absolute atomic E-state index is 10.2. The summed E-state index contributed by atoms with van der Waals surface area (Å²) in [6, 6.07) is 0. The topological polar surface area (TPSA) is 40.5 Å². The van der Waals surface area contributed by atoms with Gasteiger partial charge in [-0.15, -0.1) is 0 Å². The van der Waals surface area contributed by atoms with Crippen LogP contribution < -0.4 is 0 Å². The molecule has 0 atom stereocenters. The van der Waals surface area contributed by atoms with Crippen molar-refractivity contribution < 1.29 is 9.90 Å². The van der Waals surface area contributed by atoms with E-state index in [0.29, 0.717) is 12.1 Å². The van der Waals surface area contributed by atoms with Crippen LogP contribution in [-0.4, -0.2) is 36.6 Å². The van der Waals surface area contributed by atoms with Crippen molar-refractivity contribution in [3.05, 3.63) is 11.6 Å². The molecule has 0 radical (unpaired) electrons. The first kappa shape index (κ1) is 9.17. The lowest BCUT2D eigenvalue weighted by Crippen LogP contribution is -2.12. The maximum Gasteiger partial charge on any atom is 0.330 e. The largest absolute Gasteiger partial charge is 0.478 e. The molecule has 58 valence electrons. The zero-order valence-electron chi connectivity index (χ0n) is 6.59. The van der Waals surface area contributed by atoms with Crippen molar-refractivity contribution in [3.63, 3.8) is 0 Å². The second-order valence-corrected chi connectivity index (χ2v) is 2.45. The molecule has 0 unspecified atom stereocenters. The number of nitrogens with zero attached hydrogens (tertiary/aromatic N) is 1. The summed E-state index contributed by atoms with van der Waals surface area (Å²) >= 11 is 0. The molecule has 0 aliphatic heterocycles. The Balaban J connectivity index is 3.81. The van der Waals surface area contributed by atoms with E-state index in [9.17, 15) is 4.79 Å². The summed E-state index contributed by atoms with van der Waals surface area (Å²) in [6.07, 6.45) is 1.68. The molecule has 0 saturated heterocycles. The van der Waals surface area contributed by atoms with Gasteiger partial charge in [-0.25, -0.2) is 4.79 Å². The minimum Gasteiger partial charge on any atom is -0.478 e. The van der Waals surface area contributed by atoms with Gasteiger partial charge in [-0.3, -0.25) is 0 Å². The van der Waals surface area contributed by atoms with E-state index in [2.05, 4.69) is 0 Å². The molecule has 10 heavy (non-hydrogen) atoms. The zero-order valence-corrected chi connectivity index (χ0v) is 6.59. The first-order valence-electron chi connectivity index (χ1n) is 3.09. The fourth-order valence-corrected chi connectivity index (χ4v) is 0.407. The van der Waals surface area contributed by atoms with E-state index in [-0.39, 0.29) is 0 Å². The summed E-state index contributed by atoms with van der Waals surface area (Å²) in [4.78, 5) is 12.1. The van der Waals surface area contributed by atoms with Crippen molar-refractivity contribution in [2.75, 3.05) is 20.6 Å². The van der Waals surface area contributed by atoms with Crippen LogP contribution in [0.4, 0.5) is 0 Å². The summed E-state index contributed by atoms with van der Waals surface area (Å²) in [7, 11) is 3.79. The number of carboxylic acid groups (broad SMARTS) is 1. The van der Waals surface area contributed by atoms with Gasteiger partial charge in [0.25, 0.3) is 0 Å². The minimum absolute atomic E-state index is 0.397. The van der Waals surface area contributed by atoms with Gasteiger partial charge < -0.3 is 10.0 Å². The Morgan fingerprint density at radius 1 is 1.60 bits per heavy atom. The lowest BCUT2D eigenvalue weighted by atomic mass is 10.3. The highest BCUT2D eigenvalue weighted by Gasteiger charge is 1.97. The smallest absolute Gasteiger partial charge is 0.330 e. The molecule has 3 nitrogen and oxygen atoms in total. The van der Waals surface area contributed by atoms with Gasteiger partial charge in [0.2, 0.25) is 0 Å². The number of likely N-dealkylation sites (N-methyl/N-ethyl adjacent to an activating group) is 1. The van der Waals surface area contributed by atoms with Crippen LogP contribution in [0.3, 0.4) is 0 Å². The summed E-state index contributed by atoms with van der Waals surface area (Å²) < 4.78 is 0. The van der Waals surface area contributed by atoms with E-state index in [1.165, 1.54) is 0 Å². The Bertz CT molecular complexity index is 150. The van der Waals surface area contributed by atoms with Gasteiger partial charge in [0, 0.05) is 12.1 Å². The standard InChI is InChI=1S/C7H13NO2/c1-6(7(9)10)4-5-8(2)3/h4H,5H2,1-3H3,(H,9,10)/b6-4+. The molecule has 0 bridgehead atoms. The van der Waals surface area contributed by atoms with Gasteiger partial charge in [-0.1, -0.05) is 6.08 Å². The SMILES string of the molecule is C/C(=C\CN(C)C)C(=O)O. The number of rotatable bonds is 3. The number of carbonyl (C=O) groups is 1. The van der Waals surface area contributed by atoms with Crippen molar-refractivity contribution in [2.24, 2.45) is 0 Å². The maximum atomic E-state index is 10.2. The quantitative estimate of drug-likeness (QED) is 0.587. The average molecular weight is 143 g/mol.